The van der Waals surface area contributed by atoms with Gasteiger partial charge in [0.15, 0.2) is 23.0 Å². The van der Waals surface area contributed by atoms with Gasteiger partial charge >= 0.3 is 5.97 Å². The predicted octanol–water partition coefficient (Wildman–Crippen LogP) is 7.14. The van der Waals surface area contributed by atoms with Crippen molar-refractivity contribution in [1.82, 2.24) is 20.6 Å². The minimum Gasteiger partial charge on any atom is -0.493 e. The van der Waals surface area contributed by atoms with Crippen molar-refractivity contribution in [3.63, 3.8) is 0 Å². The van der Waals surface area contributed by atoms with Crippen molar-refractivity contribution in [2.45, 2.75) is 122 Å². The van der Waals surface area contributed by atoms with Gasteiger partial charge in [-0.25, -0.2) is 4.79 Å². The Kier molecular flexibility index (Phi) is 16.2. The zero-order valence-electron chi connectivity index (χ0n) is 45.8. The minimum atomic E-state index is -1.08. The van der Waals surface area contributed by atoms with Gasteiger partial charge in [-0.3, -0.25) is 43.5 Å². The van der Waals surface area contributed by atoms with Gasteiger partial charge < -0.3 is 50.0 Å². The first-order chi connectivity index (χ1) is 39.1. The number of amides is 7. The van der Waals surface area contributed by atoms with Gasteiger partial charge in [-0.2, -0.15) is 0 Å². The molecular formula is C60H64N8O13. The summed E-state index contributed by atoms with van der Waals surface area (Å²) in [5.41, 5.74) is 7.54. The van der Waals surface area contributed by atoms with Crippen LogP contribution in [-0.2, 0) is 53.2 Å². The number of methoxy groups -OCH3 is 2. The van der Waals surface area contributed by atoms with Gasteiger partial charge in [-0.1, -0.05) is 38.1 Å². The first-order valence-electron chi connectivity index (χ1n) is 27.3. The van der Waals surface area contributed by atoms with Crippen LogP contribution in [0.15, 0.2) is 95.1 Å². The monoisotopic (exact) mass is 1100 g/mol. The number of carbonyl (C=O) groups excluding carboxylic acids is 8. The zero-order chi connectivity index (χ0) is 57.1. The summed E-state index contributed by atoms with van der Waals surface area (Å²) in [7, 11) is 2.99. The molecule has 1 fully saturated rings. The summed E-state index contributed by atoms with van der Waals surface area (Å²) in [5.74, 6) is -2.92. The van der Waals surface area contributed by atoms with Crippen LogP contribution in [0.3, 0.4) is 0 Å². The Morgan fingerprint density at radius 2 is 1.42 bits per heavy atom. The molecule has 0 spiro atoms. The molecule has 4 atom stereocenters. The Balaban J connectivity index is 0.837. The summed E-state index contributed by atoms with van der Waals surface area (Å²) in [5, 5.41) is 12.3. The van der Waals surface area contributed by atoms with E-state index < -0.39 is 47.6 Å². The number of allylic oxidation sites excluding steroid dienone is 2. The summed E-state index contributed by atoms with van der Waals surface area (Å²) in [6, 6.07) is 17.4. The van der Waals surface area contributed by atoms with Crippen molar-refractivity contribution in [3.05, 3.63) is 118 Å². The van der Waals surface area contributed by atoms with Gasteiger partial charge in [0, 0.05) is 74.1 Å². The van der Waals surface area contributed by atoms with E-state index in [1.807, 2.05) is 41.3 Å². The summed E-state index contributed by atoms with van der Waals surface area (Å²) in [4.78, 5) is 118. The van der Waals surface area contributed by atoms with E-state index in [2.05, 4.69) is 27.3 Å². The second kappa shape index (κ2) is 23.8. The number of rotatable bonds is 20. The van der Waals surface area contributed by atoms with E-state index in [-0.39, 0.29) is 81.6 Å². The Morgan fingerprint density at radius 3 is 2.14 bits per heavy atom. The summed E-state index contributed by atoms with van der Waals surface area (Å²) in [6.07, 6.45) is 9.54. The standard InChI is InChI=1S/C60H64N8O13/c1-33(2)56(65-52(69)16-10-11-17-55(72)81-68-53(70)18-19-54(68)71)58(74)63-34(3)57(73)64-39-21-35(31-79-50-27-44-42(25-48(50)77-4)59(75)66-40(29-61-44)23-37-12-6-8-14-46(37)66)20-36(22-39)32-80-51-28-45-43(26-49(51)78-5)60(76)67-41(30-62-45)24-38-13-7-9-15-47(38)67/h6,8-9,12,14-15,20-22,25-29,33-34,40-41,56,62H,7,10-11,13,16-19,23-24,30-32H2,1-5H3,(H,63,74)(H,64,73)(H,65,69)/t34-,40-,41-,56-/m0/s1. The van der Waals surface area contributed by atoms with E-state index in [0.717, 1.165) is 36.2 Å². The molecule has 10 rings (SSSR count). The lowest BCUT2D eigenvalue weighted by Gasteiger charge is -2.24. The van der Waals surface area contributed by atoms with Crippen LogP contribution in [0.1, 0.15) is 116 Å². The fourth-order valence-electron chi connectivity index (χ4n) is 11.0. The van der Waals surface area contributed by atoms with Gasteiger partial charge in [0.05, 0.1) is 48.8 Å². The van der Waals surface area contributed by atoms with Crippen molar-refractivity contribution >= 4 is 76.3 Å². The average Bonchev–Trinajstić information content (AvgIpc) is 4.08. The van der Waals surface area contributed by atoms with E-state index in [0.29, 0.717) is 80.3 Å². The van der Waals surface area contributed by atoms with Crippen molar-refractivity contribution in [3.8, 4) is 23.0 Å². The molecule has 0 aromatic heterocycles. The maximum Gasteiger partial charge on any atom is 0.333 e. The van der Waals surface area contributed by atoms with Crippen LogP contribution < -0.4 is 45.1 Å². The van der Waals surface area contributed by atoms with E-state index >= 15 is 0 Å². The number of hydrogen-bond acceptors (Lipinski definition) is 15. The first-order valence-corrected chi connectivity index (χ1v) is 27.3. The molecule has 0 bridgehead atoms. The van der Waals surface area contributed by atoms with E-state index in [4.69, 9.17) is 28.8 Å². The lowest BCUT2D eigenvalue weighted by atomic mass is 10.0. The maximum absolute atomic E-state index is 14.2. The number of para-hydroxylation sites is 1. The molecular weight excluding hydrogens is 1040 g/mol. The fourth-order valence-corrected chi connectivity index (χ4v) is 11.0. The first kappa shape index (κ1) is 55.3. The quantitative estimate of drug-likeness (QED) is 0.0507. The number of unbranched alkanes of at least 4 members (excludes halogenated alkanes) is 1. The highest BCUT2D eigenvalue weighted by Gasteiger charge is 2.40. The Labute approximate surface area is 468 Å². The molecule has 81 heavy (non-hydrogen) atoms. The van der Waals surface area contributed by atoms with Crippen LogP contribution in [0.5, 0.6) is 23.0 Å². The highest BCUT2D eigenvalue weighted by molar-refractivity contribution is 6.15. The zero-order valence-corrected chi connectivity index (χ0v) is 45.8. The fraction of sp³-hybridized carbons (Fsp3) is 0.383. The van der Waals surface area contributed by atoms with Gasteiger partial charge in [-0.15, -0.1) is 5.06 Å². The largest absolute Gasteiger partial charge is 0.493 e. The number of carbonyl (C=O) groups is 8. The molecule has 0 radical (unpaired) electrons. The third-order valence-electron chi connectivity index (χ3n) is 15.1. The number of ether oxygens (including phenoxy) is 4. The van der Waals surface area contributed by atoms with Crippen LogP contribution in [-0.4, -0.2) is 108 Å². The van der Waals surface area contributed by atoms with Gasteiger partial charge in [-0.05, 0) is 110 Å². The number of nitrogens with one attached hydrogen (secondary N) is 4. The number of nitrogens with zero attached hydrogens (tertiary/aromatic N) is 4. The molecule has 1 aliphatic carbocycles. The number of aliphatic imine (C=N–C) groups is 1. The lowest BCUT2D eigenvalue weighted by Crippen LogP contribution is -2.53. The summed E-state index contributed by atoms with van der Waals surface area (Å²) >= 11 is 0. The molecule has 1 saturated heterocycles. The SMILES string of the molecule is COc1cc2c(cc1OCc1cc(COc3cc4c(cc3OC)C(=O)N3C5=C(CCC=C5)C[C@H]3CN4)cc(NC(=O)[C@H](C)NC(=O)[C@@H](NC(=O)CCCCC(=O)ON3C(=O)CCC3=O)C(C)C)c1)N=C[C@@H]1Cc3ccccc3N1C2=O. The van der Waals surface area contributed by atoms with Crippen LogP contribution in [0.4, 0.5) is 22.7 Å². The van der Waals surface area contributed by atoms with Crippen LogP contribution in [0.2, 0.25) is 0 Å². The topological polar surface area (TPSA) is 253 Å². The molecule has 4 aromatic rings. The highest BCUT2D eigenvalue weighted by atomic mass is 16.7. The van der Waals surface area contributed by atoms with Crippen molar-refractivity contribution in [2.75, 3.05) is 36.3 Å². The smallest absolute Gasteiger partial charge is 0.333 e. The number of imide groups is 1. The number of anilines is 3. The Bertz CT molecular complexity index is 3320. The Hall–Kier alpha value is -9.01. The number of hydroxylamine groups is 2. The highest BCUT2D eigenvalue weighted by Crippen LogP contribution is 2.44. The summed E-state index contributed by atoms with van der Waals surface area (Å²) in [6.45, 7) is 5.49. The molecule has 422 valence electrons. The second-order valence-corrected chi connectivity index (χ2v) is 21.1. The summed E-state index contributed by atoms with van der Waals surface area (Å²) < 4.78 is 24.5. The molecule has 5 aliphatic heterocycles. The molecule has 0 unspecified atom stereocenters. The van der Waals surface area contributed by atoms with Crippen LogP contribution in [0, 0.1) is 5.92 Å². The molecule has 7 amide bonds. The average molecular weight is 1110 g/mol. The maximum atomic E-state index is 14.2. The van der Waals surface area contributed by atoms with Gasteiger partial charge in [0.25, 0.3) is 23.6 Å². The molecule has 5 heterocycles. The normalized spacial score (nSPS) is 18.3. The third-order valence-corrected chi connectivity index (χ3v) is 15.1. The molecule has 4 N–H and O–H groups in total. The molecule has 0 saturated carbocycles. The predicted molar refractivity (Wildman–Crippen MR) is 297 cm³/mol. The number of fused-ring (bicyclic) bond motifs is 7. The van der Waals surface area contributed by atoms with Crippen molar-refractivity contribution < 1.29 is 62.1 Å². The second-order valence-electron chi connectivity index (χ2n) is 21.1. The van der Waals surface area contributed by atoms with Crippen molar-refractivity contribution in [1.29, 1.82) is 0 Å². The molecule has 21 heteroatoms. The van der Waals surface area contributed by atoms with Gasteiger partial charge in [0.2, 0.25) is 17.7 Å². The molecule has 4 aromatic carbocycles. The van der Waals surface area contributed by atoms with Crippen LogP contribution >= 0.6 is 0 Å². The van der Waals surface area contributed by atoms with Crippen molar-refractivity contribution in [2.24, 2.45) is 10.9 Å². The number of benzene rings is 4. The van der Waals surface area contributed by atoms with Crippen LogP contribution in [0.25, 0.3) is 0 Å². The Morgan fingerprint density at radius 1 is 0.741 bits per heavy atom. The lowest BCUT2D eigenvalue weighted by molar-refractivity contribution is -0.197. The third kappa shape index (κ3) is 11.8. The number of hydrogen-bond donors (Lipinski definition) is 4. The van der Waals surface area contributed by atoms with E-state index in [9.17, 15) is 38.4 Å². The van der Waals surface area contributed by atoms with Gasteiger partial charge in [0.1, 0.15) is 25.3 Å². The minimum absolute atomic E-state index is 0.0225. The van der Waals surface area contributed by atoms with E-state index in [1.54, 1.807) is 61.4 Å². The molecule has 6 aliphatic rings. The van der Waals surface area contributed by atoms with E-state index in [1.165, 1.54) is 26.7 Å². The molecule has 21 nitrogen and oxygen atoms in total.